The first kappa shape index (κ1) is 16.4. The zero-order valence-electron chi connectivity index (χ0n) is 13.5. The number of benzene rings is 2. The van der Waals surface area contributed by atoms with E-state index in [1.807, 2.05) is 36.4 Å². The molecule has 0 aliphatic rings. The molecular formula is C20H17N3O2. The van der Waals surface area contributed by atoms with E-state index in [-0.39, 0.29) is 5.91 Å². The lowest BCUT2D eigenvalue weighted by Crippen LogP contribution is -2.14. The fourth-order valence-electron chi connectivity index (χ4n) is 2.43. The molecule has 2 aromatic carbocycles. The molecule has 0 saturated carbocycles. The van der Waals surface area contributed by atoms with E-state index in [0.717, 1.165) is 12.0 Å². The van der Waals surface area contributed by atoms with Gasteiger partial charge in [0, 0.05) is 29.2 Å². The summed E-state index contributed by atoms with van der Waals surface area (Å²) in [5.74, 6) is -0.755. The first-order valence-electron chi connectivity index (χ1n) is 7.81. The van der Waals surface area contributed by atoms with Crippen molar-refractivity contribution in [2.45, 2.75) is 6.42 Å². The van der Waals surface area contributed by atoms with Gasteiger partial charge in [-0.25, -0.2) is 0 Å². The highest BCUT2D eigenvalue weighted by Gasteiger charge is 2.07. The topological polar surface area (TPSA) is 85.1 Å². The van der Waals surface area contributed by atoms with Crippen LogP contribution in [-0.4, -0.2) is 16.8 Å². The summed E-state index contributed by atoms with van der Waals surface area (Å²) in [5, 5.41) is 2.83. The van der Waals surface area contributed by atoms with Crippen molar-refractivity contribution in [3.05, 3.63) is 95.3 Å². The van der Waals surface area contributed by atoms with E-state index in [9.17, 15) is 9.59 Å². The molecule has 25 heavy (non-hydrogen) atoms. The molecule has 0 saturated heterocycles. The van der Waals surface area contributed by atoms with Crippen LogP contribution in [0.25, 0.3) is 0 Å². The van der Waals surface area contributed by atoms with Crippen LogP contribution in [0.2, 0.25) is 0 Å². The summed E-state index contributed by atoms with van der Waals surface area (Å²) < 4.78 is 0. The van der Waals surface area contributed by atoms with Gasteiger partial charge >= 0.3 is 0 Å². The molecule has 3 aromatic rings. The maximum Gasteiger partial charge on any atom is 0.255 e. The lowest BCUT2D eigenvalue weighted by atomic mass is 10.1. The molecule has 0 aliphatic carbocycles. The van der Waals surface area contributed by atoms with Crippen LogP contribution in [0, 0.1) is 0 Å². The molecule has 124 valence electrons. The van der Waals surface area contributed by atoms with E-state index in [1.54, 1.807) is 24.5 Å². The van der Waals surface area contributed by atoms with Crippen molar-refractivity contribution in [2.24, 2.45) is 5.73 Å². The largest absolute Gasteiger partial charge is 0.366 e. The number of nitrogens with one attached hydrogen (secondary N) is 1. The van der Waals surface area contributed by atoms with Gasteiger partial charge in [-0.3, -0.25) is 14.6 Å². The van der Waals surface area contributed by atoms with Crippen LogP contribution in [0.15, 0.2) is 73.1 Å². The number of rotatable bonds is 5. The van der Waals surface area contributed by atoms with Crippen molar-refractivity contribution in [3.8, 4) is 0 Å². The third-order valence-corrected chi connectivity index (χ3v) is 3.80. The number of nitrogens with two attached hydrogens (primary N) is 1. The normalized spacial score (nSPS) is 10.2. The van der Waals surface area contributed by atoms with Gasteiger partial charge in [-0.1, -0.05) is 12.1 Å². The lowest BCUT2D eigenvalue weighted by molar-refractivity contribution is 0.0995. The number of primary amides is 1. The number of amides is 2. The highest BCUT2D eigenvalue weighted by atomic mass is 16.2. The van der Waals surface area contributed by atoms with E-state index in [0.29, 0.717) is 16.8 Å². The predicted molar refractivity (Wildman–Crippen MR) is 96.4 cm³/mol. The smallest absolute Gasteiger partial charge is 0.255 e. The molecule has 3 rings (SSSR count). The molecule has 0 bridgehead atoms. The third kappa shape index (κ3) is 4.29. The van der Waals surface area contributed by atoms with Crippen molar-refractivity contribution < 1.29 is 9.59 Å². The minimum atomic E-state index is -0.517. The van der Waals surface area contributed by atoms with Crippen LogP contribution in [0.3, 0.4) is 0 Å². The molecule has 0 unspecified atom stereocenters. The van der Waals surface area contributed by atoms with Crippen molar-refractivity contribution in [1.29, 1.82) is 0 Å². The summed E-state index contributed by atoms with van der Waals surface area (Å²) in [5.41, 5.74) is 9.07. The second-order valence-electron chi connectivity index (χ2n) is 5.62. The molecule has 5 nitrogen and oxygen atoms in total. The maximum absolute atomic E-state index is 12.2. The van der Waals surface area contributed by atoms with Gasteiger partial charge in [0.2, 0.25) is 5.91 Å². The van der Waals surface area contributed by atoms with E-state index < -0.39 is 5.91 Å². The number of aromatic nitrogens is 1. The minimum Gasteiger partial charge on any atom is -0.366 e. The first-order valence-corrected chi connectivity index (χ1v) is 7.81. The van der Waals surface area contributed by atoms with Crippen LogP contribution >= 0.6 is 0 Å². The Morgan fingerprint density at radius 3 is 1.96 bits per heavy atom. The number of pyridine rings is 1. The Balaban J connectivity index is 1.64. The monoisotopic (exact) mass is 331 g/mol. The van der Waals surface area contributed by atoms with E-state index in [2.05, 4.69) is 10.3 Å². The quantitative estimate of drug-likeness (QED) is 0.753. The Hall–Kier alpha value is -3.47. The molecule has 2 amide bonds. The number of hydrogen-bond donors (Lipinski definition) is 2. The molecule has 3 N–H and O–H groups in total. The molecule has 0 atom stereocenters. The Morgan fingerprint density at radius 1 is 0.800 bits per heavy atom. The minimum absolute atomic E-state index is 0.238. The van der Waals surface area contributed by atoms with Gasteiger partial charge in [0.15, 0.2) is 0 Å². The second kappa shape index (κ2) is 7.40. The number of carbonyl (C=O) groups is 2. The number of carbonyl (C=O) groups excluding carboxylic acids is 2. The van der Waals surface area contributed by atoms with Crippen molar-refractivity contribution in [2.75, 3.05) is 5.32 Å². The molecule has 5 heteroatoms. The molecule has 0 radical (unpaired) electrons. The SMILES string of the molecule is NC(=O)c1ccc(C(=O)Nc2ccc(Cc3ccncc3)cc2)cc1. The fourth-order valence-corrected chi connectivity index (χ4v) is 2.43. The summed E-state index contributed by atoms with van der Waals surface area (Å²) in [6.45, 7) is 0. The Kier molecular flexibility index (Phi) is 4.85. The molecule has 1 aromatic heterocycles. The predicted octanol–water partition coefficient (Wildman–Crippen LogP) is 3.02. The van der Waals surface area contributed by atoms with Crippen molar-refractivity contribution in [3.63, 3.8) is 0 Å². The Morgan fingerprint density at radius 2 is 1.36 bits per heavy atom. The van der Waals surface area contributed by atoms with Crippen LogP contribution in [0.5, 0.6) is 0 Å². The summed E-state index contributed by atoms with van der Waals surface area (Å²) in [6.07, 6.45) is 4.35. The average molecular weight is 331 g/mol. The summed E-state index contributed by atoms with van der Waals surface area (Å²) in [6, 6.07) is 17.9. The average Bonchev–Trinajstić information content (AvgIpc) is 2.64. The van der Waals surface area contributed by atoms with Gasteiger partial charge in [-0.15, -0.1) is 0 Å². The van der Waals surface area contributed by atoms with Gasteiger partial charge in [-0.2, -0.15) is 0 Å². The molecule has 0 fully saturated rings. The lowest BCUT2D eigenvalue weighted by Gasteiger charge is -2.07. The van der Waals surface area contributed by atoms with E-state index in [4.69, 9.17) is 5.73 Å². The molecule has 0 spiro atoms. The van der Waals surface area contributed by atoms with E-state index >= 15 is 0 Å². The van der Waals surface area contributed by atoms with Gasteiger partial charge in [0.05, 0.1) is 0 Å². The highest BCUT2D eigenvalue weighted by molar-refractivity contribution is 6.05. The van der Waals surface area contributed by atoms with Crippen molar-refractivity contribution in [1.82, 2.24) is 4.98 Å². The van der Waals surface area contributed by atoms with Crippen LogP contribution < -0.4 is 11.1 Å². The molecule has 1 heterocycles. The Bertz CT molecular complexity index is 873. The first-order chi connectivity index (χ1) is 12.1. The molecule has 0 aliphatic heterocycles. The van der Waals surface area contributed by atoms with Gasteiger partial charge < -0.3 is 11.1 Å². The van der Waals surface area contributed by atoms with E-state index in [1.165, 1.54) is 17.7 Å². The summed E-state index contributed by atoms with van der Waals surface area (Å²) in [4.78, 5) is 27.3. The zero-order valence-corrected chi connectivity index (χ0v) is 13.5. The Labute approximate surface area is 145 Å². The number of hydrogen-bond acceptors (Lipinski definition) is 3. The molecular weight excluding hydrogens is 314 g/mol. The van der Waals surface area contributed by atoms with Gasteiger partial charge in [-0.05, 0) is 66.1 Å². The zero-order chi connectivity index (χ0) is 17.6. The third-order valence-electron chi connectivity index (χ3n) is 3.80. The number of nitrogens with zero attached hydrogens (tertiary/aromatic N) is 1. The van der Waals surface area contributed by atoms with Crippen LogP contribution in [0.4, 0.5) is 5.69 Å². The maximum atomic E-state index is 12.2. The highest BCUT2D eigenvalue weighted by Crippen LogP contribution is 2.14. The number of anilines is 1. The summed E-state index contributed by atoms with van der Waals surface area (Å²) >= 11 is 0. The van der Waals surface area contributed by atoms with Crippen molar-refractivity contribution >= 4 is 17.5 Å². The van der Waals surface area contributed by atoms with Crippen LogP contribution in [-0.2, 0) is 6.42 Å². The summed E-state index contributed by atoms with van der Waals surface area (Å²) in [7, 11) is 0. The van der Waals surface area contributed by atoms with Gasteiger partial charge in [0.25, 0.3) is 5.91 Å². The fraction of sp³-hybridized carbons (Fsp3) is 0.0500. The van der Waals surface area contributed by atoms with Crippen LogP contribution in [0.1, 0.15) is 31.8 Å². The second-order valence-corrected chi connectivity index (χ2v) is 5.62. The van der Waals surface area contributed by atoms with Gasteiger partial charge in [0.1, 0.15) is 0 Å². The standard InChI is InChI=1S/C20H17N3O2/c21-19(24)16-3-5-17(6-4-16)20(25)23-18-7-1-14(2-8-18)13-15-9-11-22-12-10-15/h1-12H,13H2,(H2,21,24)(H,23,25).